The third-order valence-corrected chi connectivity index (χ3v) is 4.49. The molecule has 0 saturated carbocycles. The van der Waals surface area contributed by atoms with E-state index in [1.807, 2.05) is 20.8 Å². The lowest BCUT2D eigenvalue weighted by Crippen LogP contribution is -2.63. The van der Waals surface area contributed by atoms with Crippen molar-refractivity contribution >= 4 is 29.4 Å². The van der Waals surface area contributed by atoms with Crippen molar-refractivity contribution in [3.63, 3.8) is 0 Å². The summed E-state index contributed by atoms with van der Waals surface area (Å²) >= 11 is 1.44. The van der Waals surface area contributed by atoms with E-state index in [-0.39, 0.29) is 11.3 Å². The Morgan fingerprint density at radius 2 is 2.28 bits per heavy atom. The van der Waals surface area contributed by atoms with Crippen LogP contribution in [0, 0.1) is 0 Å². The maximum atomic E-state index is 11.9. The fourth-order valence-electron chi connectivity index (χ4n) is 2.17. The third-order valence-electron chi connectivity index (χ3n) is 2.98. The van der Waals surface area contributed by atoms with E-state index >= 15 is 0 Å². The minimum absolute atomic E-state index is 0.287. The lowest BCUT2D eigenvalue weighted by atomic mass is 9.98. The van der Waals surface area contributed by atoms with Crippen molar-refractivity contribution in [3.05, 3.63) is 0 Å². The maximum absolute atomic E-state index is 11.9. The Bertz CT molecular complexity index is 421. The van der Waals surface area contributed by atoms with E-state index in [2.05, 4.69) is 5.16 Å². The monoisotopic (exact) mass is 272 g/mol. The predicted molar refractivity (Wildman–Crippen MR) is 67.4 cm³/mol. The quantitative estimate of drug-likeness (QED) is 0.467. The first-order valence-electron chi connectivity index (χ1n) is 5.83. The standard InChI is InChI=1S/C11H16N2O4S/c1-4-5-17-12-6-8(14)13-7(10(15)16)11(2,3)18-9(6)13/h7,9H,4-5H2,1-3H3,(H,15,16)/b12-6-/t7-,9+/m0/s1. The Labute approximate surface area is 109 Å². The smallest absolute Gasteiger partial charge is 0.327 e. The van der Waals surface area contributed by atoms with Gasteiger partial charge in [0.1, 0.15) is 18.0 Å². The van der Waals surface area contributed by atoms with Crippen molar-refractivity contribution in [2.75, 3.05) is 6.61 Å². The molecular formula is C11H16N2O4S. The van der Waals surface area contributed by atoms with Gasteiger partial charge >= 0.3 is 5.97 Å². The molecule has 0 radical (unpaired) electrons. The van der Waals surface area contributed by atoms with Gasteiger partial charge in [-0.2, -0.15) is 0 Å². The molecule has 0 aromatic rings. The fraction of sp³-hybridized carbons (Fsp3) is 0.727. The highest BCUT2D eigenvalue weighted by Crippen LogP contribution is 2.49. The van der Waals surface area contributed by atoms with Crippen LogP contribution in [0.25, 0.3) is 0 Å². The molecule has 1 amide bonds. The Balaban J connectivity index is 2.16. The molecule has 0 unspecified atom stereocenters. The average molecular weight is 272 g/mol. The predicted octanol–water partition coefficient (Wildman–Crippen LogP) is 0.916. The number of thioether (sulfide) groups is 1. The van der Waals surface area contributed by atoms with Gasteiger partial charge in [-0.1, -0.05) is 12.1 Å². The molecule has 1 N–H and O–H groups in total. The van der Waals surface area contributed by atoms with Crippen LogP contribution in [0.2, 0.25) is 0 Å². The topological polar surface area (TPSA) is 79.2 Å². The normalized spacial score (nSPS) is 31.2. The molecule has 0 bridgehead atoms. The van der Waals surface area contributed by atoms with Crippen LogP contribution in [0.1, 0.15) is 27.2 Å². The molecule has 6 nitrogen and oxygen atoms in total. The van der Waals surface area contributed by atoms with Gasteiger partial charge in [0, 0.05) is 4.75 Å². The SMILES string of the molecule is CCCO/N=C1/C(=O)N2[C@@H]1SC(C)(C)[C@@H]2C(=O)O. The zero-order valence-corrected chi connectivity index (χ0v) is 11.4. The van der Waals surface area contributed by atoms with E-state index in [9.17, 15) is 14.7 Å². The van der Waals surface area contributed by atoms with Crippen LogP contribution in [0.3, 0.4) is 0 Å². The molecule has 2 heterocycles. The number of rotatable bonds is 4. The molecular weight excluding hydrogens is 256 g/mol. The number of β-lactam (4-membered cyclic amide) rings is 1. The van der Waals surface area contributed by atoms with Crippen molar-refractivity contribution in [2.24, 2.45) is 5.16 Å². The number of amides is 1. The maximum Gasteiger partial charge on any atom is 0.327 e. The number of hydrogen-bond acceptors (Lipinski definition) is 5. The van der Waals surface area contributed by atoms with Crippen LogP contribution in [0.4, 0.5) is 0 Å². The summed E-state index contributed by atoms with van der Waals surface area (Å²) in [6, 6.07) is -0.801. The molecule has 2 fully saturated rings. The van der Waals surface area contributed by atoms with Gasteiger partial charge in [0.05, 0.1) is 0 Å². The molecule has 0 aromatic heterocycles. The van der Waals surface area contributed by atoms with Gasteiger partial charge in [-0.25, -0.2) is 4.79 Å². The molecule has 0 aromatic carbocycles. The Hall–Kier alpha value is -1.24. The second kappa shape index (κ2) is 4.46. The number of fused-ring (bicyclic) bond motifs is 1. The zero-order chi connectivity index (χ0) is 13.5. The van der Waals surface area contributed by atoms with Crippen molar-refractivity contribution in [2.45, 2.75) is 43.4 Å². The summed E-state index contributed by atoms with van der Waals surface area (Å²) in [4.78, 5) is 29.5. The van der Waals surface area contributed by atoms with Crippen molar-refractivity contribution in [3.8, 4) is 0 Å². The Kier molecular flexibility index (Phi) is 3.27. The zero-order valence-electron chi connectivity index (χ0n) is 10.5. The van der Waals surface area contributed by atoms with Crippen molar-refractivity contribution in [1.29, 1.82) is 0 Å². The van der Waals surface area contributed by atoms with Crippen molar-refractivity contribution < 1.29 is 19.5 Å². The third kappa shape index (κ3) is 1.86. The van der Waals surface area contributed by atoms with Crippen LogP contribution in [-0.2, 0) is 14.4 Å². The van der Waals surface area contributed by atoms with E-state index in [0.717, 1.165) is 6.42 Å². The molecule has 2 aliphatic rings. The number of aliphatic carboxylic acids is 1. The number of nitrogens with zero attached hydrogens (tertiary/aromatic N) is 2. The van der Waals surface area contributed by atoms with Crippen LogP contribution in [0.15, 0.2) is 5.16 Å². The second-order valence-corrected chi connectivity index (χ2v) is 6.57. The summed E-state index contributed by atoms with van der Waals surface area (Å²) in [5, 5.41) is 12.7. The fourth-order valence-corrected chi connectivity index (χ4v) is 3.67. The van der Waals surface area contributed by atoms with Gasteiger partial charge in [0.25, 0.3) is 5.91 Å². The highest BCUT2D eigenvalue weighted by Gasteiger charge is 2.62. The minimum atomic E-state index is -0.975. The average Bonchev–Trinajstić information content (AvgIpc) is 2.53. The highest BCUT2D eigenvalue weighted by molar-refractivity contribution is 8.02. The summed E-state index contributed by atoms with van der Waals surface area (Å²) in [6.07, 6.45) is 0.815. The van der Waals surface area contributed by atoms with E-state index in [1.54, 1.807) is 0 Å². The van der Waals surface area contributed by atoms with Gasteiger partial charge in [0.2, 0.25) is 0 Å². The van der Waals surface area contributed by atoms with E-state index < -0.39 is 16.8 Å². The minimum Gasteiger partial charge on any atom is -0.480 e. The number of carboxylic acid groups (broad SMARTS) is 1. The molecule has 2 rings (SSSR count). The first-order chi connectivity index (χ1) is 8.40. The van der Waals surface area contributed by atoms with Gasteiger partial charge in [-0.05, 0) is 20.3 Å². The van der Waals surface area contributed by atoms with Gasteiger partial charge in [0.15, 0.2) is 5.71 Å². The van der Waals surface area contributed by atoms with E-state index in [1.165, 1.54) is 16.7 Å². The Morgan fingerprint density at radius 3 is 2.83 bits per heavy atom. The molecule has 7 heteroatoms. The number of hydrogen-bond donors (Lipinski definition) is 1. The molecule has 18 heavy (non-hydrogen) atoms. The second-order valence-electron chi connectivity index (χ2n) is 4.84. The highest BCUT2D eigenvalue weighted by atomic mass is 32.2. The van der Waals surface area contributed by atoms with Gasteiger partial charge in [-0.3, -0.25) is 4.79 Å². The molecule has 2 saturated heterocycles. The lowest BCUT2D eigenvalue weighted by molar-refractivity contribution is -0.150. The Morgan fingerprint density at radius 1 is 1.61 bits per heavy atom. The first-order valence-corrected chi connectivity index (χ1v) is 6.71. The van der Waals surface area contributed by atoms with Crippen LogP contribution >= 0.6 is 11.8 Å². The summed E-state index contributed by atoms with van der Waals surface area (Å²) in [6.45, 7) is 6.06. The van der Waals surface area contributed by atoms with E-state index in [4.69, 9.17) is 4.84 Å². The lowest BCUT2D eigenvalue weighted by Gasteiger charge is -2.36. The summed E-state index contributed by atoms with van der Waals surface area (Å²) in [5.74, 6) is -1.31. The number of carbonyl (C=O) groups excluding carboxylic acids is 1. The largest absolute Gasteiger partial charge is 0.480 e. The van der Waals surface area contributed by atoms with Crippen LogP contribution in [0.5, 0.6) is 0 Å². The summed E-state index contributed by atoms with van der Waals surface area (Å²) < 4.78 is -0.520. The molecule has 0 spiro atoms. The first kappa shape index (κ1) is 13.2. The van der Waals surface area contributed by atoms with Gasteiger partial charge in [-0.15, -0.1) is 11.8 Å². The van der Waals surface area contributed by atoms with Crippen LogP contribution < -0.4 is 0 Å². The van der Waals surface area contributed by atoms with Crippen LogP contribution in [-0.4, -0.2) is 50.4 Å². The molecule has 100 valence electrons. The molecule has 2 aliphatic heterocycles. The van der Waals surface area contributed by atoms with E-state index in [0.29, 0.717) is 12.3 Å². The number of carbonyl (C=O) groups is 2. The summed E-state index contributed by atoms with van der Waals surface area (Å²) in [7, 11) is 0. The van der Waals surface area contributed by atoms with Gasteiger partial charge < -0.3 is 14.8 Å². The van der Waals surface area contributed by atoms with Crippen molar-refractivity contribution in [1.82, 2.24) is 4.90 Å². The summed E-state index contributed by atoms with van der Waals surface area (Å²) in [5.41, 5.74) is 0.324. The number of oxime groups is 1. The molecule has 0 aliphatic carbocycles. The molecule has 2 atom stereocenters. The number of carboxylic acids is 1.